The van der Waals surface area contributed by atoms with Gasteiger partial charge in [-0.25, -0.2) is 9.78 Å². The van der Waals surface area contributed by atoms with E-state index in [1.54, 1.807) is 11.8 Å². The zero-order valence-electron chi connectivity index (χ0n) is 13.0. The summed E-state index contributed by atoms with van der Waals surface area (Å²) in [5.41, 5.74) is 2.39. The normalized spacial score (nSPS) is 11.0. The first-order chi connectivity index (χ1) is 11.7. The Balaban J connectivity index is 1.91. The second kappa shape index (κ2) is 7.47. The largest absolute Gasteiger partial charge is 0.477 e. The van der Waals surface area contributed by atoms with Crippen LogP contribution >= 0.6 is 23.1 Å². The van der Waals surface area contributed by atoms with Gasteiger partial charge in [-0.3, -0.25) is 0 Å². The maximum atomic E-state index is 11.5. The van der Waals surface area contributed by atoms with Gasteiger partial charge in [0.1, 0.15) is 9.88 Å². The van der Waals surface area contributed by atoms with Crippen molar-refractivity contribution >= 4 is 41.2 Å². The third-order valence-corrected chi connectivity index (χ3v) is 5.17. The molecule has 1 aromatic heterocycles. The Morgan fingerprint density at radius 1 is 1.08 bits per heavy atom. The van der Waals surface area contributed by atoms with E-state index in [9.17, 15) is 9.90 Å². The summed E-state index contributed by atoms with van der Waals surface area (Å²) >= 11 is 2.89. The molecule has 0 unspecified atom stereocenters. The van der Waals surface area contributed by atoms with Crippen LogP contribution in [0.1, 0.15) is 20.2 Å². The summed E-state index contributed by atoms with van der Waals surface area (Å²) in [7, 11) is 0. The number of hydrogen-bond acceptors (Lipinski definition) is 4. The highest BCUT2D eigenvalue weighted by Crippen LogP contribution is 2.29. The van der Waals surface area contributed by atoms with E-state index in [1.165, 1.54) is 16.2 Å². The van der Waals surface area contributed by atoms with Crippen LogP contribution in [0.3, 0.4) is 0 Å². The molecule has 0 amide bonds. The molecule has 1 heterocycles. The van der Waals surface area contributed by atoms with Crippen LogP contribution < -0.4 is 0 Å². The summed E-state index contributed by atoms with van der Waals surface area (Å²) in [4.78, 5) is 17.5. The lowest BCUT2D eigenvalue weighted by molar-refractivity contribution is 0.0702. The Labute approximate surface area is 148 Å². The lowest BCUT2D eigenvalue weighted by Gasteiger charge is -1.97. The lowest BCUT2D eigenvalue weighted by Crippen LogP contribution is -1.95. The maximum absolute atomic E-state index is 11.5. The average molecular weight is 353 g/mol. The van der Waals surface area contributed by atoms with Crippen LogP contribution in [0.2, 0.25) is 0 Å². The Bertz CT molecular complexity index is 868. The molecule has 0 spiro atoms. The van der Waals surface area contributed by atoms with Gasteiger partial charge >= 0.3 is 5.97 Å². The van der Waals surface area contributed by atoms with Crippen molar-refractivity contribution in [1.29, 1.82) is 0 Å². The van der Waals surface area contributed by atoms with Gasteiger partial charge in [0.15, 0.2) is 0 Å². The highest BCUT2D eigenvalue weighted by Gasteiger charge is 2.17. The molecule has 5 heteroatoms. The monoisotopic (exact) mass is 353 g/mol. The molecule has 0 aliphatic heterocycles. The molecule has 0 atom stereocenters. The molecule has 0 aliphatic rings. The predicted molar refractivity (Wildman–Crippen MR) is 102 cm³/mol. The van der Waals surface area contributed by atoms with Crippen LogP contribution in [-0.2, 0) is 0 Å². The number of aromatic carboxylic acids is 1. The van der Waals surface area contributed by atoms with Crippen molar-refractivity contribution in [3.05, 3.63) is 70.0 Å². The molecule has 0 aliphatic carbocycles. The van der Waals surface area contributed by atoms with Crippen molar-refractivity contribution in [3.63, 3.8) is 0 Å². The van der Waals surface area contributed by atoms with Crippen LogP contribution in [0.25, 0.3) is 23.4 Å². The van der Waals surface area contributed by atoms with E-state index in [0.29, 0.717) is 10.7 Å². The van der Waals surface area contributed by atoms with Gasteiger partial charge in [-0.15, -0.1) is 23.1 Å². The number of benzene rings is 2. The van der Waals surface area contributed by atoms with Gasteiger partial charge in [-0.2, -0.15) is 0 Å². The molecule has 2 aromatic carbocycles. The van der Waals surface area contributed by atoms with Gasteiger partial charge in [0.2, 0.25) is 0 Å². The van der Waals surface area contributed by atoms with E-state index in [1.807, 2.05) is 60.9 Å². The Hall–Kier alpha value is -2.37. The van der Waals surface area contributed by atoms with E-state index < -0.39 is 5.97 Å². The number of thiazole rings is 1. The fraction of sp³-hybridized carbons (Fsp3) is 0.0526. The van der Waals surface area contributed by atoms with Gasteiger partial charge in [0.05, 0.1) is 5.69 Å². The van der Waals surface area contributed by atoms with E-state index in [-0.39, 0.29) is 4.88 Å². The molecule has 120 valence electrons. The second-order valence-electron chi connectivity index (χ2n) is 5.01. The Morgan fingerprint density at radius 3 is 2.42 bits per heavy atom. The van der Waals surface area contributed by atoms with E-state index in [2.05, 4.69) is 17.1 Å². The molecule has 3 rings (SSSR count). The van der Waals surface area contributed by atoms with Crippen LogP contribution in [0.5, 0.6) is 0 Å². The van der Waals surface area contributed by atoms with Crippen LogP contribution in [-0.4, -0.2) is 22.3 Å². The third-order valence-electron chi connectivity index (χ3n) is 3.42. The fourth-order valence-electron chi connectivity index (χ4n) is 2.23. The molecule has 0 saturated carbocycles. The quantitative estimate of drug-likeness (QED) is 0.624. The zero-order valence-corrected chi connectivity index (χ0v) is 14.6. The third kappa shape index (κ3) is 3.75. The molecule has 0 radical (unpaired) electrons. The number of aromatic nitrogens is 1. The molecule has 3 nitrogen and oxygen atoms in total. The summed E-state index contributed by atoms with van der Waals surface area (Å²) in [5, 5.41) is 10.1. The first kappa shape index (κ1) is 16.5. The highest BCUT2D eigenvalue weighted by atomic mass is 32.2. The number of thioether (sulfide) groups is 1. The number of rotatable bonds is 5. The number of hydrogen-bond donors (Lipinski definition) is 1. The van der Waals surface area contributed by atoms with Crippen LogP contribution in [0.15, 0.2) is 59.5 Å². The van der Waals surface area contributed by atoms with Crippen molar-refractivity contribution in [2.75, 3.05) is 6.26 Å². The molecule has 24 heavy (non-hydrogen) atoms. The number of carboxylic acids is 1. The minimum Gasteiger partial charge on any atom is -0.477 e. The van der Waals surface area contributed by atoms with Gasteiger partial charge < -0.3 is 5.11 Å². The molecule has 0 saturated heterocycles. The number of nitrogens with zero attached hydrogens (tertiary/aromatic N) is 1. The van der Waals surface area contributed by atoms with E-state index in [0.717, 1.165) is 11.1 Å². The molecule has 1 N–H and O–H groups in total. The minimum atomic E-state index is -0.949. The SMILES string of the molecule is CSc1ccc(/C=C/c2nc(-c3ccccc3)c(C(=O)O)s2)cc1. The summed E-state index contributed by atoms with van der Waals surface area (Å²) in [6.45, 7) is 0. The Kier molecular flexibility index (Phi) is 5.13. The topological polar surface area (TPSA) is 50.2 Å². The molecule has 0 fully saturated rings. The molecule has 3 aromatic rings. The predicted octanol–water partition coefficient (Wildman–Crippen LogP) is 5.40. The molecular formula is C19H15NO2S2. The molecular weight excluding hydrogens is 338 g/mol. The standard InChI is InChI=1S/C19H15NO2S2/c1-23-15-10-7-13(8-11-15)9-12-16-20-17(18(24-16)19(21)22)14-5-3-2-4-6-14/h2-12H,1H3,(H,21,22)/b12-9+. The van der Waals surface area contributed by atoms with E-state index >= 15 is 0 Å². The second-order valence-corrected chi connectivity index (χ2v) is 6.92. The van der Waals surface area contributed by atoms with Crippen molar-refractivity contribution in [2.24, 2.45) is 0 Å². The summed E-state index contributed by atoms with van der Waals surface area (Å²) < 4.78 is 0. The zero-order chi connectivity index (χ0) is 16.9. The minimum absolute atomic E-state index is 0.263. The van der Waals surface area contributed by atoms with Crippen molar-refractivity contribution < 1.29 is 9.90 Å². The van der Waals surface area contributed by atoms with Crippen molar-refractivity contribution in [2.45, 2.75) is 4.90 Å². The van der Waals surface area contributed by atoms with Gasteiger partial charge in [-0.05, 0) is 30.0 Å². The maximum Gasteiger partial charge on any atom is 0.348 e. The van der Waals surface area contributed by atoms with Gasteiger partial charge in [0.25, 0.3) is 0 Å². The van der Waals surface area contributed by atoms with Crippen molar-refractivity contribution in [3.8, 4) is 11.3 Å². The van der Waals surface area contributed by atoms with Gasteiger partial charge in [-0.1, -0.05) is 48.5 Å². The average Bonchev–Trinajstić information content (AvgIpc) is 3.06. The van der Waals surface area contributed by atoms with Crippen LogP contribution in [0.4, 0.5) is 0 Å². The highest BCUT2D eigenvalue weighted by molar-refractivity contribution is 7.98. The van der Waals surface area contributed by atoms with Crippen molar-refractivity contribution in [1.82, 2.24) is 4.98 Å². The van der Waals surface area contributed by atoms with Crippen LogP contribution in [0, 0.1) is 0 Å². The number of carboxylic acid groups (broad SMARTS) is 1. The van der Waals surface area contributed by atoms with Gasteiger partial charge in [0, 0.05) is 10.5 Å². The fourth-order valence-corrected chi connectivity index (χ4v) is 3.47. The summed E-state index contributed by atoms with van der Waals surface area (Å²) in [6, 6.07) is 17.6. The number of carbonyl (C=O) groups is 1. The summed E-state index contributed by atoms with van der Waals surface area (Å²) in [5.74, 6) is -0.949. The van der Waals surface area contributed by atoms with E-state index in [4.69, 9.17) is 0 Å². The first-order valence-electron chi connectivity index (χ1n) is 7.29. The Morgan fingerprint density at radius 2 is 1.79 bits per heavy atom. The molecule has 0 bridgehead atoms. The smallest absolute Gasteiger partial charge is 0.348 e. The summed E-state index contributed by atoms with van der Waals surface area (Å²) in [6.07, 6.45) is 5.85. The lowest BCUT2D eigenvalue weighted by atomic mass is 10.1. The first-order valence-corrected chi connectivity index (χ1v) is 9.33.